The van der Waals surface area contributed by atoms with Crippen LogP contribution in [0.5, 0.6) is 0 Å². The summed E-state index contributed by atoms with van der Waals surface area (Å²) in [6, 6.07) is 5.09. The van der Waals surface area contributed by atoms with Gasteiger partial charge in [-0.2, -0.15) is 0 Å². The lowest BCUT2D eigenvalue weighted by Gasteiger charge is -2.14. The monoisotopic (exact) mass is 339 g/mol. The summed E-state index contributed by atoms with van der Waals surface area (Å²) in [4.78, 5) is 13.8. The van der Waals surface area contributed by atoms with Crippen molar-refractivity contribution in [2.24, 2.45) is 5.73 Å². The highest BCUT2D eigenvalue weighted by molar-refractivity contribution is 6.37. The van der Waals surface area contributed by atoms with Gasteiger partial charge < -0.3 is 16.4 Å². The molecule has 0 unspecified atom stereocenters. The normalized spacial score (nSPS) is 14.5. The van der Waals surface area contributed by atoms with Gasteiger partial charge in [-0.1, -0.05) is 29.3 Å². The lowest BCUT2D eigenvalue weighted by atomic mass is 10.2. The van der Waals surface area contributed by atoms with E-state index in [2.05, 4.69) is 5.10 Å². The van der Waals surface area contributed by atoms with Crippen molar-refractivity contribution in [3.63, 3.8) is 0 Å². The lowest BCUT2D eigenvalue weighted by molar-refractivity contribution is 0.100. The van der Waals surface area contributed by atoms with E-state index in [1.165, 1.54) is 4.68 Å². The molecule has 1 fully saturated rings. The van der Waals surface area contributed by atoms with E-state index in [4.69, 9.17) is 34.7 Å². The van der Waals surface area contributed by atoms with Crippen LogP contribution in [-0.4, -0.2) is 28.8 Å². The number of benzene rings is 1. The van der Waals surface area contributed by atoms with Crippen LogP contribution in [0, 0.1) is 0 Å². The van der Waals surface area contributed by atoms with Gasteiger partial charge in [-0.15, -0.1) is 5.10 Å². The number of primary amides is 1. The summed E-state index contributed by atoms with van der Waals surface area (Å²) < 4.78 is 1.39. The molecule has 0 radical (unpaired) electrons. The Bertz CT molecular complexity index is 717. The molecule has 1 aromatic carbocycles. The van der Waals surface area contributed by atoms with Crippen LogP contribution >= 0.6 is 23.2 Å². The number of para-hydroxylation sites is 1. The average molecular weight is 340 g/mol. The number of rotatable bonds is 3. The first-order valence-electron chi connectivity index (χ1n) is 6.88. The minimum absolute atomic E-state index is 0.143. The SMILES string of the molecule is NC(=O)c1c(N2CCCC2)nn(-c2c(Cl)cccc2Cl)c1N. The minimum Gasteiger partial charge on any atom is -0.383 e. The number of nitrogens with zero attached hydrogens (tertiary/aromatic N) is 3. The van der Waals surface area contributed by atoms with Crippen LogP contribution < -0.4 is 16.4 Å². The standard InChI is InChI=1S/C14H15Cl2N5O/c15-8-4-3-5-9(16)11(8)21-12(17)10(13(18)22)14(19-21)20-6-1-2-7-20/h3-5H,1-2,6-7,17H2,(H2,18,22). The first-order chi connectivity index (χ1) is 10.5. The third kappa shape index (κ3) is 2.38. The van der Waals surface area contributed by atoms with Gasteiger partial charge in [-0.25, -0.2) is 4.68 Å². The van der Waals surface area contributed by atoms with Crippen molar-refractivity contribution in [1.82, 2.24) is 9.78 Å². The van der Waals surface area contributed by atoms with Crippen molar-refractivity contribution < 1.29 is 4.79 Å². The van der Waals surface area contributed by atoms with Gasteiger partial charge in [0.25, 0.3) is 5.91 Å². The van der Waals surface area contributed by atoms with Crippen molar-refractivity contribution in [3.05, 3.63) is 33.8 Å². The molecule has 1 amide bonds. The summed E-state index contributed by atoms with van der Waals surface area (Å²) in [6.07, 6.45) is 2.08. The van der Waals surface area contributed by atoms with Gasteiger partial charge in [-0.3, -0.25) is 4.79 Å². The van der Waals surface area contributed by atoms with E-state index in [0.29, 0.717) is 21.6 Å². The van der Waals surface area contributed by atoms with Gasteiger partial charge in [0.05, 0.1) is 10.0 Å². The molecule has 2 aromatic rings. The number of aromatic nitrogens is 2. The molecule has 1 saturated heterocycles. The van der Waals surface area contributed by atoms with Crippen molar-refractivity contribution >= 4 is 40.7 Å². The van der Waals surface area contributed by atoms with Gasteiger partial charge in [-0.05, 0) is 25.0 Å². The molecule has 0 atom stereocenters. The Kier molecular flexibility index (Phi) is 3.88. The third-order valence-corrected chi connectivity index (χ3v) is 4.31. The van der Waals surface area contributed by atoms with Crippen LogP contribution in [0.1, 0.15) is 23.2 Å². The molecule has 3 rings (SSSR count). The molecule has 6 nitrogen and oxygen atoms in total. The zero-order valence-electron chi connectivity index (χ0n) is 11.7. The van der Waals surface area contributed by atoms with Crippen LogP contribution in [0.25, 0.3) is 5.69 Å². The number of hydrogen-bond donors (Lipinski definition) is 2. The smallest absolute Gasteiger partial charge is 0.256 e. The first-order valence-corrected chi connectivity index (χ1v) is 7.64. The number of nitrogens with two attached hydrogens (primary N) is 2. The summed E-state index contributed by atoms with van der Waals surface area (Å²) in [6.45, 7) is 1.62. The Balaban J connectivity index is 2.21. The van der Waals surface area contributed by atoms with Crippen molar-refractivity contribution in [2.75, 3.05) is 23.7 Å². The molecule has 2 heterocycles. The van der Waals surface area contributed by atoms with Crippen molar-refractivity contribution in [3.8, 4) is 5.69 Å². The number of halogens is 2. The largest absolute Gasteiger partial charge is 0.383 e. The Morgan fingerprint density at radius 3 is 2.32 bits per heavy atom. The molecular formula is C14H15Cl2N5O. The lowest BCUT2D eigenvalue weighted by Crippen LogP contribution is -2.23. The predicted octanol–water partition coefficient (Wildman–Crippen LogP) is 2.46. The minimum atomic E-state index is -0.617. The van der Waals surface area contributed by atoms with E-state index in [1.54, 1.807) is 18.2 Å². The second-order valence-electron chi connectivity index (χ2n) is 5.12. The second-order valence-corrected chi connectivity index (χ2v) is 5.94. The second kappa shape index (κ2) is 5.70. The van der Waals surface area contributed by atoms with Crippen LogP contribution in [0.4, 0.5) is 11.6 Å². The van der Waals surface area contributed by atoms with Crippen LogP contribution in [0.3, 0.4) is 0 Å². The highest BCUT2D eigenvalue weighted by Gasteiger charge is 2.28. The van der Waals surface area contributed by atoms with Gasteiger partial charge >= 0.3 is 0 Å². The average Bonchev–Trinajstić information content (AvgIpc) is 3.07. The molecule has 4 N–H and O–H groups in total. The van der Waals surface area contributed by atoms with Crippen molar-refractivity contribution in [1.29, 1.82) is 0 Å². The van der Waals surface area contributed by atoms with Gasteiger partial charge in [0.2, 0.25) is 0 Å². The molecule has 0 bridgehead atoms. The molecule has 8 heteroatoms. The third-order valence-electron chi connectivity index (χ3n) is 3.70. The first kappa shape index (κ1) is 15.0. The zero-order valence-corrected chi connectivity index (χ0v) is 13.2. The summed E-state index contributed by atoms with van der Waals surface area (Å²) in [5, 5.41) is 5.24. The predicted molar refractivity (Wildman–Crippen MR) is 88.0 cm³/mol. The Hall–Kier alpha value is -1.92. The molecule has 1 aliphatic heterocycles. The quantitative estimate of drug-likeness (QED) is 0.898. The van der Waals surface area contributed by atoms with Crippen LogP contribution in [0.15, 0.2) is 18.2 Å². The molecule has 0 spiro atoms. The van der Waals surface area contributed by atoms with E-state index in [9.17, 15) is 4.79 Å². The topological polar surface area (TPSA) is 90.2 Å². The maximum absolute atomic E-state index is 11.8. The molecule has 1 aromatic heterocycles. The number of hydrogen-bond acceptors (Lipinski definition) is 4. The number of carbonyl (C=O) groups is 1. The molecule has 0 aliphatic carbocycles. The summed E-state index contributed by atoms with van der Waals surface area (Å²) >= 11 is 12.4. The Labute approximate surface area is 137 Å². The van der Waals surface area contributed by atoms with Crippen molar-refractivity contribution in [2.45, 2.75) is 12.8 Å². The van der Waals surface area contributed by atoms with Crippen LogP contribution in [0.2, 0.25) is 10.0 Å². The summed E-state index contributed by atoms with van der Waals surface area (Å²) in [7, 11) is 0. The van der Waals surface area contributed by atoms with Gasteiger partial charge in [0.1, 0.15) is 17.1 Å². The molecule has 116 valence electrons. The number of amides is 1. The van der Waals surface area contributed by atoms with E-state index in [0.717, 1.165) is 25.9 Å². The van der Waals surface area contributed by atoms with E-state index in [1.807, 2.05) is 4.90 Å². The molecular weight excluding hydrogens is 325 g/mol. The number of anilines is 2. The zero-order chi connectivity index (χ0) is 15.9. The Morgan fingerprint density at radius 1 is 1.18 bits per heavy atom. The maximum Gasteiger partial charge on any atom is 0.256 e. The highest BCUT2D eigenvalue weighted by Crippen LogP contribution is 2.34. The molecule has 1 aliphatic rings. The van der Waals surface area contributed by atoms with Crippen LogP contribution in [-0.2, 0) is 0 Å². The van der Waals surface area contributed by atoms with Gasteiger partial charge in [0, 0.05) is 13.1 Å². The fourth-order valence-electron chi connectivity index (χ4n) is 2.67. The van der Waals surface area contributed by atoms with E-state index < -0.39 is 5.91 Å². The fraction of sp³-hybridized carbons (Fsp3) is 0.286. The number of carbonyl (C=O) groups excluding carboxylic acids is 1. The molecule has 0 saturated carbocycles. The summed E-state index contributed by atoms with van der Waals surface area (Å²) in [5.74, 6) is 0.0108. The molecule has 22 heavy (non-hydrogen) atoms. The summed E-state index contributed by atoms with van der Waals surface area (Å²) in [5.41, 5.74) is 12.2. The van der Waals surface area contributed by atoms with Gasteiger partial charge in [0.15, 0.2) is 5.82 Å². The van der Waals surface area contributed by atoms with E-state index >= 15 is 0 Å². The van der Waals surface area contributed by atoms with E-state index in [-0.39, 0.29) is 11.4 Å². The fourth-order valence-corrected chi connectivity index (χ4v) is 3.23. The Morgan fingerprint density at radius 2 is 1.77 bits per heavy atom. The number of nitrogen functional groups attached to an aromatic ring is 1. The maximum atomic E-state index is 11.8. The highest BCUT2D eigenvalue weighted by atomic mass is 35.5.